The molecule has 0 aromatic heterocycles. The van der Waals surface area contributed by atoms with E-state index in [1.807, 2.05) is 12.1 Å². The molecule has 2 aromatic rings. The van der Waals surface area contributed by atoms with E-state index in [0.717, 1.165) is 43.3 Å². The zero-order chi connectivity index (χ0) is 23.0. The molecule has 4 heteroatoms. The SMILES string of the molecule is COc1ccc(CCN2CCC[C@H](CN(C)Cc3ccc(C#CC(C)(C)O)cc3)C2)cc1. The Labute approximate surface area is 194 Å². The lowest BCUT2D eigenvalue weighted by Gasteiger charge is -2.34. The Morgan fingerprint density at radius 3 is 2.44 bits per heavy atom. The van der Waals surface area contributed by atoms with Crippen molar-refractivity contribution in [2.75, 3.05) is 40.3 Å². The molecule has 3 rings (SSSR count). The summed E-state index contributed by atoms with van der Waals surface area (Å²) >= 11 is 0. The Morgan fingerprint density at radius 2 is 1.78 bits per heavy atom. The van der Waals surface area contributed by atoms with Crippen LogP contribution in [0.1, 0.15) is 43.4 Å². The molecule has 0 aliphatic carbocycles. The Morgan fingerprint density at radius 1 is 1.09 bits per heavy atom. The smallest absolute Gasteiger partial charge is 0.120 e. The lowest BCUT2D eigenvalue weighted by molar-refractivity contribution is 0.142. The minimum absolute atomic E-state index is 0.724. The van der Waals surface area contributed by atoms with Gasteiger partial charge in [0, 0.05) is 31.7 Å². The van der Waals surface area contributed by atoms with Gasteiger partial charge in [0.15, 0.2) is 0 Å². The number of methoxy groups -OCH3 is 1. The van der Waals surface area contributed by atoms with Gasteiger partial charge in [-0.15, -0.1) is 0 Å². The van der Waals surface area contributed by atoms with E-state index in [0.29, 0.717) is 0 Å². The van der Waals surface area contributed by atoms with E-state index in [2.05, 4.69) is 65.1 Å². The van der Waals surface area contributed by atoms with Crippen molar-refractivity contribution in [2.45, 2.75) is 45.3 Å². The second kappa shape index (κ2) is 11.5. The monoisotopic (exact) mass is 434 g/mol. The van der Waals surface area contributed by atoms with Crippen LogP contribution >= 0.6 is 0 Å². The standard InChI is InChI=1S/C28H38N2O2/c1-28(2,31)17-15-23-7-9-25(10-8-23)20-29(3)21-26-6-5-18-30(22-26)19-16-24-11-13-27(32-4)14-12-24/h7-14,26,31H,5-6,16,18-22H2,1-4H3/t26-/m1/s1. The minimum atomic E-state index is -0.957. The lowest BCUT2D eigenvalue weighted by Crippen LogP contribution is -2.40. The Kier molecular flexibility index (Phi) is 8.75. The molecule has 0 spiro atoms. The van der Waals surface area contributed by atoms with Crippen molar-refractivity contribution < 1.29 is 9.84 Å². The Bertz CT molecular complexity index is 888. The summed E-state index contributed by atoms with van der Waals surface area (Å²) in [5.41, 5.74) is 2.66. The zero-order valence-electron chi connectivity index (χ0n) is 20.1. The van der Waals surface area contributed by atoms with Crippen molar-refractivity contribution in [1.82, 2.24) is 9.80 Å². The average Bonchev–Trinajstić information content (AvgIpc) is 2.77. The average molecular weight is 435 g/mol. The fourth-order valence-corrected chi connectivity index (χ4v) is 4.32. The molecule has 1 heterocycles. The highest BCUT2D eigenvalue weighted by Gasteiger charge is 2.21. The third-order valence-electron chi connectivity index (χ3n) is 5.97. The summed E-state index contributed by atoms with van der Waals surface area (Å²) in [6.45, 7) is 9.00. The molecular weight excluding hydrogens is 396 g/mol. The van der Waals surface area contributed by atoms with Gasteiger partial charge in [0.2, 0.25) is 0 Å². The van der Waals surface area contributed by atoms with Gasteiger partial charge in [0.25, 0.3) is 0 Å². The maximum absolute atomic E-state index is 9.75. The van der Waals surface area contributed by atoms with Gasteiger partial charge in [-0.3, -0.25) is 0 Å². The third kappa shape index (κ3) is 8.31. The van der Waals surface area contributed by atoms with Crippen molar-refractivity contribution in [3.8, 4) is 17.6 Å². The zero-order valence-corrected chi connectivity index (χ0v) is 20.1. The number of benzene rings is 2. The van der Waals surface area contributed by atoms with Crippen LogP contribution < -0.4 is 4.74 Å². The molecule has 172 valence electrons. The van der Waals surface area contributed by atoms with Gasteiger partial charge in [0.1, 0.15) is 11.4 Å². The van der Waals surface area contributed by atoms with E-state index in [1.54, 1.807) is 21.0 Å². The molecule has 32 heavy (non-hydrogen) atoms. The summed E-state index contributed by atoms with van der Waals surface area (Å²) in [4.78, 5) is 5.07. The van der Waals surface area contributed by atoms with Crippen molar-refractivity contribution in [1.29, 1.82) is 0 Å². The fraction of sp³-hybridized carbons (Fsp3) is 0.500. The van der Waals surface area contributed by atoms with Crippen LogP contribution in [-0.2, 0) is 13.0 Å². The van der Waals surface area contributed by atoms with Crippen molar-refractivity contribution >= 4 is 0 Å². The first-order valence-electron chi connectivity index (χ1n) is 11.7. The first-order chi connectivity index (χ1) is 15.3. The van der Waals surface area contributed by atoms with E-state index in [1.165, 1.54) is 37.1 Å². The number of aliphatic hydroxyl groups is 1. The second-order valence-electron chi connectivity index (χ2n) is 9.61. The third-order valence-corrected chi connectivity index (χ3v) is 5.97. The first-order valence-corrected chi connectivity index (χ1v) is 11.7. The van der Waals surface area contributed by atoms with Gasteiger partial charge in [0.05, 0.1) is 7.11 Å². The topological polar surface area (TPSA) is 35.9 Å². The molecule has 2 aromatic carbocycles. The number of ether oxygens (including phenoxy) is 1. The largest absolute Gasteiger partial charge is 0.497 e. The number of nitrogens with zero attached hydrogens (tertiary/aromatic N) is 2. The van der Waals surface area contributed by atoms with E-state index < -0.39 is 5.60 Å². The van der Waals surface area contributed by atoms with E-state index in [4.69, 9.17) is 4.74 Å². The van der Waals surface area contributed by atoms with Gasteiger partial charge < -0.3 is 19.6 Å². The van der Waals surface area contributed by atoms with Crippen molar-refractivity contribution in [3.63, 3.8) is 0 Å². The molecule has 1 aliphatic rings. The van der Waals surface area contributed by atoms with Crippen molar-refractivity contribution in [3.05, 3.63) is 65.2 Å². The molecule has 1 saturated heterocycles. The van der Waals surface area contributed by atoms with Crippen LogP contribution in [0.3, 0.4) is 0 Å². The number of rotatable bonds is 8. The van der Waals surface area contributed by atoms with Gasteiger partial charge >= 0.3 is 0 Å². The van der Waals surface area contributed by atoms with E-state index in [9.17, 15) is 5.11 Å². The summed E-state index contributed by atoms with van der Waals surface area (Å²) in [6.07, 6.45) is 3.69. The predicted molar refractivity (Wildman–Crippen MR) is 132 cm³/mol. The summed E-state index contributed by atoms with van der Waals surface area (Å²) in [5, 5.41) is 9.75. The summed E-state index contributed by atoms with van der Waals surface area (Å²) < 4.78 is 5.26. The lowest BCUT2D eigenvalue weighted by atomic mass is 9.97. The molecule has 0 unspecified atom stereocenters. The molecule has 0 saturated carbocycles. The molecule has 4 nitrogen and oxygen atoms in total. The number of likely N-dealkylation sites (tertiary alicyclic amines) is 1. The maximum atomic E-state index is 9.75. The van der Waals surface area contributed by atoms with Crippen LogP contribution in [0.15, 0.2) is 48.5 Å². The number of hydrogen-bond donors (Lipinski definition) is 1. The van der Waals surface area contributed by atoms with E-state index >= 15 is 0 Å². The molecule has 1 aliphatic heterocycles. The highest BCUT2D eigenvalue weighted by Crippen LogP contribution is 2.19. The van der Waals surface area contributed by atoms with E-state index in [-0.39, 0.29) is 0 Å². The highest BCUT2D eigenvalue weighted by atomic mass is 16.5. The predicted octanol–water partition coefficient (Wildman–Crippen LogP) is 4.20. The molecule has 1 N–H and O–H groups in total. The molecule has 0 radical (unpaired) electrons. The summed E-state index contributed by atoms with van der Waals surface area (Å²) in [7, 11) is 3.93. The van der Waals surface area contributed by atoms with Gasteiger partial charge in [-0.2, -0.15) is 0 Å². The van der Waals surface area contributed by atoms with Crippen LogP contribution in [0.25, 0.3) is 0 Å². The first kappa shape index (κ1) is 24.3. The molecular formula is C28H38N2O2. The normalized spacial score (nSPS) is 17.1. The van der Waals surface area contributed by atoms with Crippen LogP contribution in [0, 0.1) is 17.8 Å². The maximum Gasteiger partial charge on any atom is 0.120 e. The summed E-state index contributed by atoms with van der Waals surface area (Å²) in [6, 6.07) is 16.8. The number of hydrogen-bond acceptors (Lipinski definition) is 4. The molecule has 1 fully saturated rings. The Balaban J connectivity index is 1.44. The quantitative estimate of drug-likeness (QED) is 0.632. The van der Waals surface area contributed by atoms with Crippen LogP contribution in [-0.4, -0.2) is 60.8 Å². The van der Waals surface area contributed by atoms with Gasteiger partial charge in [-0.1, -0.05) is 36.1 Å². The molecule has 1 atom stereocenters. The van der Waals surface area contributed by atoms with Crippen LogP contribution in [0.4, 0.5) is 0 Å². The second-order valence-corrected chi connectivity index (χ2v) is 9.61. The van der Waals surface area contributed by atoms with Crippen LogP contribution in [0.2, 0.25) is 0 Å². The summed E-state index contributed by atoms with van der Waals surface area (Å²) in [5.74, 6) is 7.55. The van der Waals surface area contributed by atoms with Crippen molar-refractivity contribution in [2.24, 2.45) is 5.92 Å². The fourth-order valence-electron chi connectivity index (χ4n) is 4.32. The van der Waals surface area contributed by atoms with Gasteiger partial charge in [-0.25, -0.2) is 0 Å². The molecule has 0 bridgehead atoms. The van der Waals surface area contributed by atoms with Crippen LogP contribution in [0.5, 0.6) is 5.75 Å². The Hall–Kier alpha value is -2.32. The molecule has 0 amide bonds. The minimum Gasteiger partial charge on any atom is -0.497 e. The number of piperidine rings is 1. The highest BCUT2D eigenvalue weighted by molar-refractivity contribution is 5.37. The van der Waals surface area contributed by atoms with Gasteiger partial charge in [-0.05, 0) is 88.0 Å².